The molecule has 2 heterocycles. The van der Waals surface area contributed by atoms with E-state index in [0.29, 0.717) is 12.3 Å². The molecule has 0 N–H and O–H groups in total. The van der Waals surface area contributed by atoms with Crippen molar-refractivity contribution in [1.29, 1.82) is 0 Å². The molecule has 0 radical (unpaired) electrons. The Hall–Kier alpha value is -2.86. The topological polar surface area (TPSA) is 53.1 Å². The van der Waals surface area contributed by atoms with Crippen LogP contribution in [0.25, 0.3) is 0 Å². The number of ether oxygens (including phenoxy) is 1. The van der Waals surface area contributed by atoms with Crippen LogP contribution >= 0.6 is 0 Å². The van der Waals surface area contributed by atoms with Gasteiger partial charge >= 0.3 is 0 Å². The van der Waals surface area contributed by atoms with Crippen LogP contribution in [0.5, 0.6) is 5.75 Å². The van der Waals surface area contributed by atoms with E-state index in [4.69, 9.17) is 4.74 Å². The van der Waals surface area contributed by atoms with Crippen molar-refractivity contribution in [2.45, 2.75) is 25.8 Å². The van der Waals surface area contributed by atoms with Crippen LogP contribution < -0.4 is 14.5 Å². The lowest BCUT2D eigenvalue weighted by atomic mass is 10.1. The summed E-state index contributed by atoms with van der Waals surface area (Å²) in [6.45, 7) is 5.96. The molecule has 2 fully saturated rings. The van der Waals surface area contributed by atoms with Crippen molar-refractivity contribution >= 4 is 23.2 Å². The minimum atomic E-state index is -0.364. The summed E-state index contributed by atoms with van der Waals surface area (Å²) in [7, 11) is 0. The Morgan fingerprint density at radius 3 is 2.24 bits per heavy atom. The number of hydrogen-bond donors (Lipinski definition) is 0. The molecule has 6 heteroatoms. The first kappa shape index (κ1) is 19.5. The summed E-state index contributed by atoms with van der Waals surface area (Å²) in [5.74, 6) is 0.501. The lowest BCUT2D eigenvalue weighted by Gasteiger charge is -2.38. The fourth-order valence-electron chi connectivity index (χ4n) is 4.01. The van der Waals surface area contributed by atoms with E-state index < -0.39 is 0 Å². The van der Waals surface area contributed by atoms with Gasteiger partial charge in [-0.3, -0.25) is 14.5 Å². The summed E-state index contributed by atoms with van der Waals surface area (Å²) < 4.78 is 5.59. The molecular weight excluding hydrogens is 366 g/mol. The minimum Gasteiger partial charge on any atom is -0.494 e. The molecule has 6 nitrogen and oxygen atoms in total. The Labute approximate surface area is 171 Å². The highest BCUT2D eigenvalue weighted by molar-refractivity contribution is 6.22. The number of imide groups is 1. The fraction of sp³-hybridized carbons (Fsp3) is 0.391. The summed E-state index contributed by atoms with van der Waals surface area (Å²) in [4.78, 5) is 31.5. The van der Waals surface area contributed by atoms with Gasteiger partial charge in [-0.25, -0.2) is 4.90 Å². The highest BCUT2D eigenvalue weighted by Gasteiger charge is 2.43. The lowest BCUT2D eigenvalue weighted by Crippen LogP contribution is -2.52. The molecule has 2 aliphatic rings. The van der Waals surface area contributed by atoms with Crippen LogP contribution in [0.2, 0.25) is 0 Å². The van der Waals surface area contributed by atoms with Gasteiger partial charge in [0.05, 0.1) is 24.8 Å². The first-order valence-corrected chi connectivity index (χ1v) is 10.3. The molecule has 2 aromatic rings. The van der Waals surface area contributed by atoms with E-state index in [9.17, 15) is 9.59 Å². The smallest absolute Gasteiger partial charge is 0.251 e. The van der Waals surface area contributed by atoms with Gasteiger partial charge in [-0.05, 0) is 42.8 Å². The molecule has 152 valence electrons. The normalized spacial score (nSPS) is 20.4. The van der Waals surface area contributed by atoms with Gasteiger partial charge in [-0.1, -0.05) is 25.1 Å². The standard InChI is InChI=1S/C23H27N3O3/c1-2-16-29-20-10-8-19(9-11-20)26-22(27)17-21(23(26)28)25-14-12-24(13-15-25)18-6-4-3-5-7-18/h3-11,21H,2,12-17H2,1H3. The zero-order chi connectivity index (χ0) is 20.2. The van der Waals surface area contributed by atoms with Gasteiger partial charge in [-0.15, -0.1) is 0 Å². The third-order valence-electron chi connectivity index (χ3n) is 5.57. The first-order valence-electron chi connectivity index (χ1n) is 10.3. The van der Waals surface area contributed by atoms with E-state index >= 15 is 0 Å². The average molecular weight is 393 g/mol. The van der Waals surface area contributed by atoms with Crippen molar-refractivity contribution in [3.63, 3.8) is 0 Å². The van der Waals surface area contributed by atoms with Gasteiger partial charge in [0, 0.05) is 31.9 Å². The van der Waals surface area contributed by atoms with Crippen molar-refractivity contribution in [1.82, 2.24) is 4.90 Å². The van der Waals surface area contributed by atoms with E-state index in [0.717, 1.165) is 38.3 Å². The third-order valence-corrected chi connectivity index (χ3v) is 5.57. The Bertz CT molecular complexity index is 845. The summed E-state index contributed by atoms with van der Waals surface area (Å²) >= 11 is 0. The molecule has 0 aromatic heterocycles. The molecule has 0 saturated carbocycles. The van der Waals surface area contributed by atoms with E-state index in [1.807, 2.05) is 30.3 Å². The monoisotopic (exact) mass is 393 g/mol. The molecule has 29 heavy (non-hydrogen) atoms. The van der Waals surface area contributed by atoms with Gasteiger partial charge in [0.1, 0.15) is 5.75 Å². The van der Waals surface area contributed by atoms with Crippen LogP contribution in [0.15, 0.2) is 54.6 Å². The van der Waals surface area contributed by atoms with Crippen LogP contribution in [-0.4, -0.2) is 55.5 Å². The van der Waals surface area contributed by atoms with E-state index in [1.54, 1.807) is 12.1 Å². The second-order valence-corrected chi connectivity index (χ2v) is 7.49. The quantitative estimate of drug-likeness (QED) is 0.707. The summed E-state index contributed by atoms with van der Waals surface area (Å²) in [6.07, 6.45) is 1.18. The Kier molecular flexibility index (Phi) is 5.81. The van der Waals surface area contributed by atoms with Crippen molar-refractivity contribution in [2.75, 3.05) is 42.6 Å². The van der Waals surface area contributed by atoms with Crippen LogP contribution in [0.3, 0.4) is 0 Å². The zero-order valence-electron chi connectivity index (χ0n) is 16.8. The number of anilines is 2. The maximum atomic E-state index is 13.0. The Morgan fingerprint density at radius 2 is 1.59 bits per heavy atom. The predicted octanol–water partition coefficient (Wildman–Crippen LogP) is 2.93. The SMILES string of the molecule is CCCOc1ccc(N2C(=O)CC(N3CCN(c4ccccc4)CC3)C2=O)cc1. The molecule has 1 atom stereocenters. The maximum Gasteiger partial charge on any atom is 0.251 e. The number of piperazine rings is 1. The van der Waals surface area contributed by atoms with Gasteiger partial charge < -0.3 is 9.64 Å². The van der Waals surface area contributed by atoms with Crippen molar-refractivity contribution < 1.29 is 14.3 Å². The summed E-state index contributed by atoms with van der Waals surface area (Å²) in [6, 6.07) is 17.2. The average Bonchev–Trinajstić information content (AvgIpc) is 3.07. The highest BCUT2D eigenvalue weighted by Crippen LogP contribution is 2.28. The van der Waals surface area contributed by atoms with Gasteiger partial charge in [0.25, 0.3) is 5.91 Å². The number of nitrogens with zero attached hydrogens (tertiary/aromatic N) is 3. The molecule has 0 spiro atoms. The molecule has 1 unspecified atom stereocenters. The van der Waals surface area contributed by atoms with Gasteiger partial charge in [-0.2, -0.15) is 0 Å². The number of carbonyl (C=O) groups excluding carboxylic acids is 2. The summed E-state index contributed by atoms with van der Waals surface area (Å²) in [5.41, 5.74) is 1.82. The molecular formula is C23H27N3O3. The molecule has 2 aromatic carbocycles. The van der Waals surface area contributed by atoms with Crippen LogP contribution in [-0.2, 0) is 9.59 Å². The molecule has 4 rings (SSSR count). The van der Waals surface area contributed by atoms with Crippen LogP contribution in [0.4, 0.5) is 11.4 Å². The number of carbonyl (C=O) groups is 2. The molecule has 2 saturated heterocycles. The Balaban J connectivity index is 1.39. The van der Waals surface area contributed by atoms with Gasteiger partial charge in [0.15, 0.2) is 0 Å². The summed E-state index contributed by atoms with van der Waals surface area (Å²) in [5, 5.41) is 0. The molecule has 2 amide bonds. The van der Waals surface area contributed by atoms with Crippen molar-refractivity contribution in [3.8, 4) is 5.75 Å². The minimum absolute atomic E-state index is 0.120. The van der Waals surface area contributed by atoms with E-state index in [-0.39, 0.29) is 24.3 Å². The maximum absolute atomic E-state index is 13.0. The molecule has 0 bridgehead atoms. The lowest BCUT2D eigenvalue weighted by molar-refractivity contribution is -0.123. The largest absolute Gasteiger partial charge is 0.494 e. The number of benzene rings is 2. The number of para-hydroxylation sites is 1. The fourth-order valence-corrected chi connectivity index (χ4v) is 4.01. The third kappa shape index (κ3) is 4.12. The highest BCUT2D eigenvalue weighted by atomic mass is 16.5. The number of rotatable bonds is 6. The van der Waals surface area contributed by atoms with Crippen molar-refractivity contribution in [3.05, 3.63) is 54.6 Å². The Morgan fingerprint density at radius 1 is 0.897 bits per heavy atom. The molecule has 0 aliphatic carbocycles. The van der Waals surface area contributed by atoms with Gasteiger partial charge in [0.2, 0.25) is 5.91 Å². The van der Waals surface area contributed by atoms with E-state index in [1.165, 1.54) is 10.6 Å². The van der Waals surface area contributed by atoms with E-state index in [2.05, 4.69) is 28.9 Å². The first-order chi connectivity index (χ1) is 14.2. The predicted molar refractivity (Wildman–Crippen MR) is 113 cm³/mol. The second-order valence-electron chi connectivity index (χ2n) is 7.49. The number of amides is 2. The van der Waals surface area contributed by atoms with Crippen LogP contribution in [0, 0.1) is 0 Å². The number of hydrogen-bond acceptors (Lipinski definition) is 5. The zero-order valence-corrected chi connectivity index (χ0v) is 16.8. The van der Waals surface area contributed by atoms with Crippen molar-refractivity contribution in [2.24, 2.45) is 0 Å². The molecule has 2 aliphatic heterocycles. The van der Waals surface area contributed by atoms with Crippen LogP contribution in [0.1, 0.15) is 19.8 Å². The second kappa shape index (κ2) is 8.66.